The topological polar surface area (TPSA) is 90.1 Å². The van der Waals surface area contributed by atoms with Crippen LogP contribution in [-0.2, 0) is 10.4 Å². The van der Waals surface area contributed by atoms with Crippen LogP contribution < -0.4 is 10.6 Å². The summed E-state index contributed by atoms with van der Waals surface area (Å²) in [6.45, 7) is 12.2. The van der Waals surface area contributed by atoms with E-state index >= 15 is 0 Å². The van der Waals surface area contributed by atoms with Crippen molar-refractivity contribution in [1.82, 2.24) is 15.5 Å². The number of aliphatic hydroxyl groups is 1. The Hall–Kier alpha value is -1.29. The lowest BCUT2D eigenvalue weighted by Crippen LogP contribution is -2.42. The van der Waals surface area contributed by atoms with E-state index in [2.05, 4.69) is 22.5 Å². The molecule has 3 N–H and O–H groups in total. The van der Waals surface area contributed by atoms with Crippen LogP contribution in [0, 0.1) is 13.8 Å². The zero-order valence-corrected chi connectivity index (χ0v) is 20.7. The molecular weight excluding hydrogens is 483 g/mol. The smallest absolute Gasteiger partial charge is 0.222 e. The van der Waals surface area contributed by atoms with Crippen LogP contribution in [0.5, 0.6) is 0 Å². The third kappa shape index (κ3) is 7.16. The van der Waals surface area contributed by atoms with Gasteiger partial charge in [0, 0.05) is 37.7 Å². The number of rotatable bonds is 9. The number of furan rings is 1. The summed E-state index contributed by atoms with van der Waals surface area (Å²) in [7, 11) is 0. The standard InChI is InChI=1S/C21H36N4O3.HI/c1-6-17(25-12-8-9-19(25)26)10-11-23-20(22-7-2)24-14-21(5,27)18-13-15(3)28-16(18)4;/h13,17,27H,6-12,14H2,1-5H3,(H2,22,23,24);1H. The second-order valence-electron chi connectivity index (χ2n) is 7.76. The summed E-state index contributed by atoms with van der Waals surface area (Å²) >= 11 is 0. The molecule has 7 nitrogen and oxygen atoms in total. The van der Waals surface area contributed by atoms with E-state index in [4.69, 9.17) is 4.42 Å². The lowest BCUT2D eigenvalue weighted by atomic mass is 9.96. The second kappa shape index (κ2) is 11.8. The number of amides is 1. The normalized spacial score (nSPS) is 17.7. The first kappa shape index (κ1) is 25.7. The van der Waals surface area contributed by atoms with E-state index in [1.807, 2.05) is 31.7 Å². The van der Waals surface area contributed by atoms with Crippen molar-refractivity contribution in [2.45, 2.75) is 71.9 Å². The molecule has 1 fully saturated rings. The number of hydrogen-bond donors (Lipinski definition) is 3. The van der Waals surface area contributed by atoms with Crippen LogP contribution in [0.25, 0.3) is 0 Å². The number of aryl methyl sites for hydroxylation is 2. The lowest BCUT2D eigenvalue weighted by Gasteiger charge is -2.27. The predicted molar refractivity (Wildman–Crippen MR) is 127 cm³/mol. The average molecular weight is 520 g/mol. The molecule has 0 aromatic carbocycles. The quantitative estimate of drug-likeness (QED) is 0.265. The number of guanidine groups is 1. The van der Waals surface area contributed by atoms with Crippen molar-refractivity contribution in [2.75, 3.05) is 26.2 Å². The molecule has 2 rings (SSSR count). The summed E-state index contributed by atoms with van der Waals surface area (Å²) in [4.78, 5) is 18.6. The van der Waals surface area contributed by atoms with Crippen LogP contribution in [0.2, 0.25) is 0 Å². The highest BCUT2D eigenvalue weighted by molar-refractivity contribution is 14.0. The SMILES string of the molecule is CCNC(=NCC(C)(O)c1cc(C)oc1C)NCCC(CC)N1CCCC1=O.I. The highest BCUT2D eigenvalue weighted by Crippen LogP contribution is 2.27. The summed E-state index contributed by atoms with van der Waals surface area (Å²) < 4.78 is 5.54. The van der Waals surface area contributed by atoms with Gasteiger partial charge in [0.15, 0.2) is 5.96 Å². The Morgan fingerprint density at radius 3 is 2.62 bits per heavy atom. The number of nitrogens with zero attached hydrogens (tertiary/aromatic N) is 2. The Morgan fingerprint density at radius 2 is 2.10 bits per heavy atom. The van der Waals surface area contributed by atoms with Crippen LogP contribution in [0.1, 0.15) is 63.5 Å². The lowest BCUT2D eigenvalue weighted by molar-refractivity contribution is -0.129. The Morgan fingerprint density at radius 1 is 1.38 bits per heavy atom. The number of carbonyl (C=O) groups is 1. The first-order valence-electron chi connectivity index (χ1n) is 10.4. The molecule has 0 spiro atoms. The Kier molecular flexibility index (Phi) is 10.5. The van der Waals surface area contributed by atoms with Gasteiger partial charge in [-0.3, -0.25) is 4.79 Å². The maximum Gasteiger partial charge on any atom is 0.222 e. The molecule has 1 saturated heterocycles. The van der Waals surface area contributed by atoms with Gasteiger partial charge < -0.3 is 25.1 Å². The van der Waals surface area contributed by atoms with E-state index in [1.165, 1.54) is 0 Å². The van der Waals surface area contributed by atoms with E-state index in [0.29, 0.717) is 12.4 Å². The number of nitrogens with one attached hydrogen (secondary N) is 2. The van der Waals surface area contributed by atoms with Gasteiger partial charge in [-0.1, -0.05) is 6.92 Å². The van der Waals surface area contributed by atoms with E-state index in [-0.39, 0.29) is 42.5 Å². The number of hydrogen-bond acceptors (Lipinski definition) is 4. The van der Waals surface area contributed by atoms with Gasteiger partial charge in [0.25, 0.3) is 0 Å². The Balaban J connectivity index is 0.00000420. The van der Waals surface area contributed by atoms with Crippen LogP contribution in [0.15, 0.2) is 15.5 Å². The highest BCUT2D eigenvalue weighted by Gasteiger charge is 2.28. The molecule has 2 heterocycles. The van der Waals surface area contributed by atoms with Gasteiger partial charge in [0.05, 0.1) is 6.54 Å². The van der Waals surface area contributed by atoms with Crippen molar-refractivity contribution in [2.24, 2.45) is 4.99 Å². The Labute approximate surface area is 191 Å². The van der Waals surface area contributed by atoms with Crippen LogP contribution in [-0.4, -0.2) is 54.1 Å². The van der Waals surface area contributed by atoms with Gasteiger partial charge in [0.1, 0.15) is 17.1 Å². The summed E-state index contributed by atoms with van der Waals surface area (Å²) in [5.41, 5.74) is -0.332. The molecule has 2 atom stereocenters. The van der Waals surface area contributed by atoms with Gasteiger partial charge in [-0.25, -0.2) is 4.99 Å². The minimum atomic E-state index is -1.10. The minimum Gasteiger partial charge on any atom is -0.466 e. The van der Waals surface area contributed by atoms with Crippen molar-refractivity contribution in [3.63, 3.8) is 0 Å². The summed E-state index contributed by atoms with van der Waals surface area (Å²) in [6, 6.07) is 2.13. The van der Waals surface area contributed by atoms with Gasteiger partial charge in [-0.15, -0.1) is 24.0 Å². The van der Waals surface area contributed by atoms with Crippen molar-refractivity contribution < 1.29 is 14.3 Å². The van der Waals surface area contributed by atoms with Crippen molar-refractivity contribution in [1.29, 1.82) is 0 Å². The van der Waals surface area contributed by atoms with Crippen LogP contribution in [0.3, 0.4) is 0 Å². The van der Waals surface area contributed by atoms with Gasteiger partial charge in [-0.2, -0.15) is 0 Å². The average Bonchev–Trinajstić information content (AvgIpc) is 3.21. The van der Waals surface area contributed by atoms with Gasteiger partial charge in [-0.05, 0) is 53.0 Å². The van der Waals surface area contributed by atoms with Crippen molar-refractivity contribution in [3.05, 3.63) is 23.2 Å². The van der Waals surface area contributed by atoms with E-state index < -0.39 is 5.60 Å². The Bertz CT molecular complexity index is 687. The van der Waals surface area contributed by atoms with Gasteiger partial charge in [0.2, 0.25) is 5.91 Å². The fourth-order valence-corrected chi connectivity index (χ4v) is 3.82. The zero-order chi connectivity index (χ0) is 20.7. The molecular formula is C21H37IN4O3. The predicted octanol–water partition coefficient (Wildman–Crippen LogP) is 3.07. The van der Waals surface area contributed by atoms with Gasteiger partial charge >= 0.3 is 0 Å². The minimum absolute atomic E-state index is 0. The molecule has 1 amide bonds. The van der Waals surface area contributed by atoms with Crippen LogP contribution >= 0.6 is 24.0 Å². The molecule has 0 saturated carbocycles. The molecule has 1 aliphatic rings. The summed E-state index contributed by atoms with van der Waals surface area (Å²) in [6.07, 6.45) is 3.48. The zero-order valence-electron chi connectivity index (χ0n) is 18.4. The number of likely N-dealkylation sites (tertiary alicyclic amines) is 1. The molecule has 0 aliphatic carbocycles. The first-order valence-corrected chi connectivity index (χ1v) is 10.4. The van der Waals surface area contributed by atoms with Crippen molar-refractivity contribution >= 4 is 35.8 Å². The third-order valence-corrected chi connectivity index (χ3v) is 5.30. The first-order chi connectivity index (χ1) is 13.3. The summed E-state index contributed by atoms with van der Waals surface area (Å²) in [5.74, 6) is 2.44. The van der Waals surface area contributed by atoms with E-state index in [9.17, 15) is 9.90 Å². The highest BCUT2D eigenvalue weighted by atomic mass is 127. The molecule has 8 heteroatoms. The van der Waals surface area contributed by atoms with Crippen LogP contribution in [0.4, 0.5) is 0 Å². The molecule has 29 heavy (non-hydrogen) atoms. The molecule has 166 valence electrons. The number of halogens is 1. The van der Waals surface area contributed by atoms with Crippen molar-refractivity contribution in [3.8, 4) is 0 Å². The fourth-order valence-electron chi connectivity index (χ4n) is 3.82. The van der Waals surface area contributed by atoms with E-state index in [0.717, 1.165) is 56.0 Å². The molecule has 0 radical (unpaired) electrons. The molecule has 0 bridgehead atoms. The summed E-state index contributed by atoms with van der Waals surface area (Å²) in [5, 5.41) is 17.4. The molecule has 1 aliphatic heterocycles. The molecule has 2 unspecified atom stereocenters. The largest absolute Gasteiger partial charge is 0.466 e. The maximum atomic E-state index is 12.0. The monoisotopic (exact) mass is 520 g/mol. The molecule has 1 aromatic rings. The third-order valence-electron chi connectivity index (χ3n) is 5.30. The number of aliphatic imine (C=N–C) groups is 1. The second-order valence-corrected chi connectivity index (χ2v) is 7.76. The maximum absolute atomic E-state index is 12.0. The van der Waals surface area contributed by atoms with E-state index in [1.54, 1.807) is 6.92 Å². The fraction of sp³-hybridized carbons (Fsp3) is 0.714. The number of carbonyl (C=O) groups excluding carboxylic acids is 1. The molecule has 1 aromatic heterocycles.